The minimum Gasteiger partial charge on any atom is -0.465 e. The van der Waals surface area contributed by atoms with Crippen LogP contribution in [0.1, 0.15) is 50.8 Å². The van der Waals surface area contributed by atoms with Gasteiger partial charge in [-0.3, -0.25) is 0 Å². The molecule has 1 amide bonds. The van der Waals surface area contributed by atoms with E-state index in [2.05, 4.69) is 75.4 Å². The highest BCUT2D eigenvalue weighted by atomic mass is 28.4. The number of carboxylic acid groups (broad SMARTS) is 1. The molecular weight excluding hydrogens is 452 g/mol. The van der Waals surface area contributed by atoms with Crippen LogP contribution in [0.15, 0.2) is 84.9 Å². The number of hydrogen-bond donors (Lipinski definition) is 1. The summed E-state index contributed by atoms with van der Waals surface area (Å²) in [5, 5.41) is 21.4. The van der Waals surface area contributed by atoms with Gasteiger partial charge in [0, 0.05) is 12.6 Å². The van der Waals surface area contributed by atoms with Crippen LogP contribution in [0.5, 0.6) is 0 Å². The van der Waals surface area contributed by atoms with Crippen LogP contribution in [0, 0.1) is 11.3 Å². The van der Waals surface area contributed by atoms with E-state index in [0.29, 0.717) is 24.9 Å². The van der Waals surface area contributed by atoms with Gasteiger partial charge in [-0.25, -0.2) is 4.79 Å². The van der Waals surface area contributed by atoms with E-state index in [1.807, 2.05) is 24.3 Å². The van der Waals surface area contributed by atoms with E-state index < -0.39 is 14.4 Å². The highest BCUT2D eigenvalue weighted by Crippen LogP contribution is 2.41. The minimum atomic E-state index is -2.74. The zero-order valence-corrected chi connectivity index (χ0v) is 21.5. The van der Waals surface area contributed by atoms with Gasteiger partial charge < -0.3 is 14.4 Å². The molecule has 0 aliphatic carbocycles. The van der Waals surface area contributed by atoms with Gasteiger partial charge in [0.1, 0.15) is 0 Å². The quantitative estimate of drug-likeness (QED) is 0.498. The zero-order valence-electron chi connectivity index (χ0n) is 20.5. The van der Waals surface area contributed by atoms with Crippen LogP contribution < -0.4 is 10.4 Å². The molecule has 4 rings (SSSR count). The van der Waals surface area contributed by atoms with Gasteiger partial charge in [-0.2, -0.15) is 5.26 Å². The van der Waals surface area contributed by atoms with Crippen LogP contribution in [0.25, 0.3) is 0 Å². The Morgan fingerprint density at radius 2 is 1.51 bits per heavy atom. The van der Waals surface area contributed by atoms with E-state index in [1.165, 1.54) is 15.3 Å². The van der Waals surface area contributed by atoms with Gasteiger partial charge in [0.2, 0.25) is 0 Å². The van der Waals surface area contributed by atoms with E-state index in [-0.39, 0.29) is 17.2 Å². The van der Waals surface area contributed by atoms with Crippen molar-refractivity contribution in [3.8, 4) is 6.07 Å². The van der Waals surface area contributed by atoms with E-state index in [1.54, 1.807) is 12.1 Å². The third-order valence-corrected chi connectivity index (χ3v) is 12.1. The number of amides is 1. The lowest BCUT2D eigenvalue weighted by Crippen LogP contribution is -2.68. The second-order valence-electron chi connectivity index (χ2n) is 10.2. The minimum absolute atomic E-state index is 0.0995. The van der Waals surface area contributed by atoms with Crippen molar-refractivity contribution in [1.29, 1.82) is 5.26 Å². The molecule has 1 fully saturated rings. The Hall–Kier alpha value is -3.40. The van der Waals surface area contributed by atoms with Gasteiger partial charge in [-0.05, 0) is 45.9 Å². The maximum atomic E-state index is 12.1. The first-order valence-corrected chi connectivity index (χ1v) is 14.0. The molecule has 3 aromatic rings. The standard InChI is InChI=1S/C29H32N2O3Si/c1-29(2,3)35(25-10-6-4-7-11-25,26-12-8-5-9-13-26)34-24-18-19-31(28(32)33)27(20-24)23-16-14-22(21-30)15-17-23/h4-17,24,27H,18-20H2,1-3H3,(H,32,33). The Bertz CT molecular complexity index is 1150. The Balaban J connectivity index is 1.75. The summed E-state index contributed by atoms with van der Waals surface area (Å²) in [6, 6.07) is 30.1. The van der Waals surface area contributed by atoms with Crippen molar-refractivity contribution in [1.82, 2.24) is 4.90 Å². The number of piperidine rings is 1. The third-order valence-electron chi connectivity index (χ3n) is 6.98. The largest absolute Gasteiger partial charge is 0.465 e. The van der Waals surface area contributed by atoms with E-state index in [0.717, 1.165) is 5.56 Å². The van der Waals surface area contributed by atoms with Crippen molar-refractivity contribution in [2.75, 3.05) is 6.54 Å². The number of nitrogens with zero attached hydrogens (tertiary/aromatic N) is 2. The Kier molecular flexibility index (Phi) is 7.11. The summed E-state index contributed by atoms with van der Waals surface area (Å²) < 4.78 is 7.31. The Morgan fingerprint density at radius 3 is 1.97 bits per heavy atom. The lowest BCUT2D eigenvalue weighted by Gasteiger charge is -2.47. The molecule has 1 aliphatic rings. The second-order valence-corrected chi connectivity index (χ2v) is 14.4. The molecule has 1 saturated heterocycles. The second kappa shape index (κ2) is 10.1. The average molecular weight is 485 g/mol. The van der Waals surface area contributed by atoms with Crippen LogP contribution in [-0.2, 0) is 4.43 Å². The Morgan fingerprint density at radius 1 is 0.971 bits per heavy atom. The average Bonchev–Trinajstić information content (AvgIpc) is 2.87. The smallest absolute Gasteiger partial charge is 0.407 e. The van der Waals surface area contributed by atoms with Crippen LogP contribution >= 0.6 is 0 Å². The molecular formula is C29H32N2O3Si. The summed E-state index contributed by atoms with van der Waals surface area (Å²) >= 11 is 0. The number of likely N-dealkylation sites (tertiary alicyclic amines) is 1. The Labute approximate surface area is 208 Å². The SMILES string of the molecule is CC(C)(C)[Si](OC1CCN(C(=O)O)C(c2ccc(C#N)cc2)C1)(c1ccccc1)c1ccccc1. The molecule has 35 heavy (non-hydrogen) atoms. The number of hydrogen-bond acceptors (Lipinski definition) is 3. The maximum absolute atomic E-state index is 12.1. The highest BCUT2D eigenvalue weighted by Gasteiger charge is 2.52. The first-order valence-electron chi connectivity index (χ1n) is 12.0. The lowest BCUT2D eigenvalue weighted by molar-refractivity contribution is 0.0495. The van der Waals surface area contributed by atoms with E-state index >= 15 is 0 Å². The van der Waals surface area contributed by atoms with E-state index in [9.17, 15) is 15.2 Å². The van der Waals surface area contributed by atoms with Crippen LogP contribution in [0.4, 0.5) is 4.79 Å². The van der Waals surface area contributed by atoms with Crippen molar-refractivity contribution in [3.63, 3.8) is 0 Å². The van der Waals surface area contributed by atoms with Crippen LogP contribution in [0.2, 0.25) is 5.04 Å². The number of nitriles is 1. The van der Waals surface area contributed by atoms with Gasteiger partial charge in [0.15, 0.2) is 0 Å². The predicted molar refractivity (Wildman–Crippen MR) is 140 cm³/mol. The van der Waals surface area contributed by atoms with Gasteiger partial charge >= 0.3 is 6.09 Å². The van der Waals surface area contributed by atoms with Crippen LogP contribution in [0.3, 0.4) is 0 Å². The van der Waals surface area contributed by atoms with Crippen LogP contribution in [-0.4, -0.2) is 37.1 Å². The van der Waals surface area contributed by atoms with Crippen molar-refractivity contribution < 1.29 is 14.3 Å². The molecule has 1 N–H and O–H groups in total. The van der Waals surface area contributed by atoms with Crippen molar-refractivity contribution in [3.05, 3.63) is 96.1 Å². The first kappa shape index (κ1) is 24.7. The molecule has 0 saturated carbocycles. The first-order chi connectivity index (χ1) is 16.8. The normalized spacial score (nSPS) is 18.6. The summed E-state index contributed by atoms with van der Waals surface area (Å²) in [6.07, 6.45) is 0.188. The molecule has 2 atom stereocenters. The van der Waals surface area contributed by atoms with Crippen molar-refractivity contribution in [2.45, 2.75) is 50.8 Å². The van der Waals surface area contributed by atoms with Gasteiger partial charge in [-0.1, -0.05) is 93.6 Å². The number of rotatable bonds is 5. The molecule has 1 heterocycles. The molecule has 0 spiro atoms. The topological polar surface area (TPSA) is 73.6 Å². The summed E-state index contributed by atoms with van der Waals surface area (Å²) in [4.78, 5) is 13.6. The fourth-order valence-electron chi connectivity index (χ4n) is 5.31. The molecule has 1 aliphatic heterocycles. The monoisotopic (exact) mass is 484 g/mol. The third kappa shape index (κ3) is 4.88. The van der Waals surface area contributed by atoms with Gasteiger partial charge in [-0.15, -0.1) is 0 Å². The summed E-state index contributed by atoms with van der Waals surface area (Å²) in [5.41, 5.74) is 1.45. The summed E-state index contributed by atoms with van der Waals surface area (Å²) in [5.74, 6) is 0. The summed E-state index contributed by atoms with van der Waals surface area (Å²) in [6.45, 7) is 7.17. The fourth-order valence-corrected chi connectivity index (χ4v) is 10.0. The molecule has 2 unspecified atom stereocenters. The molecule has 180 valence electrons. The molecule has 3 aromatic carbocycles. The van der Waals surface area contributed by atoms with Gasteiger partial charge in [0.25, 0.3) is 8.32 Å². The zero-order chi connectivity index (χ0) is 25.1. The fraction of sp³-hybridized carbons (Fsp3) is 0.310. The van der Waals surface area contributed by atoms with Crippen molar-refractivity contribution >= 4 is 24.8 Å². The highest BCUT2D eigenvalue weighted by molar-refractivity contribution is 6.99. The molecule has 5 nitrogen and oxygen atoms in total. The van der Waals surface area contributed by atoms with Gasteiger partial charge in [0.05, 0.1) is 17.7 Å². The van der Waals surface area contributed by atoms with Crippen molar-refractivity contribution in [2.24, 2.45) is 0 Å². The number of carbonyl (C=O) groups is 1. The van der Waals surface area contributed by atoms with E-state index in [4.69, 9.17) is 4.43 Å². The molecule has 0 aromatic heterocycles. The molecule has 6 heteroatoms. The predicted octanol–water partition coefficient (Wildman–Crippen LogP) is 5.32. The molecule has 0 radical (unpaired) electrons. The summed E-state index contributed by atoms with van der Waals surface area (Å²) in [7, 11) is -2.74. The lowest BCUT2D eigenvalue weighted by atomic mass is 9.93. The maximum Gasteiger partial charge on any atom is 0.407 e. The molecule has 0 bridgehead atoms. The number of benzene rings is 3.